The van der Waals surface area contributed by atoms with E-state index in [2.05, 4.69) is 15.2 Å². The third-order valence-corrected chi connectivity index (χ3v) is 6.65. The van der Waals surface area contributed by atoms with Crippen molar-refractivity contribution in [3.05, 3.63) is 76.9 Å². The summed E-state index contributed by atoms with van der Waals surface area (Å²) in [5.41, 5.74) is 5.25. The molecule has 7 heteroatoms. The van der Waals surface area contributed by atoms with Gasteiger partial charge in [-0.05, 0) is 68.9 Å². The molecule has 3 aromatic rings. The van der Waals surface area contributed by atoms with Crippen LogP contribution in [0.15, 0.2) is 48.5 Å². The molecule has 2 aliphatic rings. The van der Waals surface area contributed by atoms with Gasteiger partial charge in [-0.2, -0.15) is 0 Å². The van der Waals surface area contributed by atoms with Gasteiger partial charge in [0.05, 0.1) is 16.8 Å². The van der Waals surface area contributed by atoms with Gasteiger partial charge in [-0.15, -0.1) is 0 Å². The summed E-state index contributed by atoms with van der Waals surface area (Å²) < 4.78 is 13.9. The number of fused-ring (bicyclic) bond motifs is 1. The summed E-state index contributed by atoms with van der Waals surface area (Å²) in [5.74, 6) is -0.636. The topological polar surface area (TPSA) is 68.4 Å². The predicted molar refractivity (Wildman–Crippen MR) is 132 cm³/mol. The number of nitrogens with zero attached hydrogens (tertiary/aromatic N) is 2. The van der Waals surface area contributed by atoms with Crippen LogP contribution in [-0.4, -0.2) is 59.8 Å². The Hall–Kier alpha value is -3.71. The zero-order chi connectivity index (χ0) is 24.0. The Morgan fingerprint density at radius 1 is 1.18 bits per heavy atom. The van der Waals surface area contributed by atoms with E-state index < -0.39 is 0 Å². The summed E-state index contributed by atoms with van der Waals surface area (Å²) in [7, 11) is 4.06. The van der Waals surface area contributed by atoms with Gasteiger partial charge in [0.25, 0.3) is 11.8 Å². The van der Waals surface area contributed by atoms with Gasteiger partial charge in [0.15, 0.2) is 0 Å². The van der Waals surface area contributed by atoms with Crippen LogP contribution in [0.1, 0.15) is 33.7 Å². The minimum Gasteiger partial charge on any atom is -0.358 e. The lowest BCUT2D eigenvalue weighted by molar-refractivity contribution is -0.110. The third-order valence-electron chi connectivity index (χ3n) is 6.65. The number of H-pyrrole nitrogens is 1. The molecule has 34 heavy (non-hydrogen) atoms. The lowest BCUT2D eigenvalue weighted by atomic mass is 9.94. The summed E-state index contributed by atoms with van der Waals surface area (Å²) in [4.78, 5) is 33.6. The highest BCUT2D eigenvalue weighted by Crippen LogP contribution is 2.40. The summed E-state index contributed by atoms with van der Waals surface area (Å²) in [6.45, 7) is 3.28. The van der Waals surface area contributed by atoms with Crippen LogP contribution in [-0.2, 0) is 4.79 Å². The lowest BCUT2D eigenvalue weighted by Crippen LogP contribution is -2.34. The Morgan fingerprint density at radius 2 is 1.97 bits per heavy atom. The first-order valence-electron chi connectivity index (χ1n) is 11.4. The average Bonchev–Trinajstić information content (AvgIpc) is 3.51. The standard InChI is InChI=1S/C27H27FN4O2/c1-16-12-21(27(34)32-11-10-19(15-32)31(2)3)24(29-16)14-22-25-20(17-6-4-7-18(28)13-17)8-5-9-23(25)30-26(22)33/h4-9,12-14,19,29H,10-11,15H2,1-3H3,(H,30,33). The summed E-state index contributed by atoms with van der Waals surface area (Å²) in [5, 5.41) is 2.91. The molecule has 0 aliphatic carbocycles. The van der Waals surface area contributed by atoms with E-state index in [1.54, 1.807) is 12.1 Å². The van der Waals surface area contributed by atoms with Crippen molar-refractivity contribution in [1.29, 1.82) is 0 Å². The van der Waals surface area contributed by atoms with Crippen LogP contribution in [0, 0.1) is 12.7 Å². The van der Waals surface area contributed by atoms with Crippen molar-refractivity contribution in [1.82, 2.24) is 14.8 Å². The molecule has 0 spiro atoms. The zero-order valence-electron chi connectivity index (χ0n) is 19.5. The van der Waals surface area contributed by atoms with Crippen LogP contribution in [0.2, 0.25) is 0 Å². The number of hydrogen-bond donors (Lipinski definition) is 2. The highest BCUT2D eigenvalue weighted by molar-refractivity contribution is 6.36. The molecule has 2 amide bonds. The number of amides is 2. The average molecular weight is 459 g/mol. The number of aromatic nitrogens is 1. The molecule has 3 heterocycles. The van der Waals surface area contributed by atoms with Gasteiger partial charge < -0.3 is 20.1 Å². The monoisotopic (exact) mass is 458 g/mol. The van der Waals surface area contributed by atoms with E-state index in [4.69, 9.17) is 0 Å². The number of anilines is 1. The maximum atomic E-state index is 13.9. The maximum Gasteiger partial charge on any atom is 0.256 e. The van der Waals surface area contributed by atoms with Crippen LogP contribution in [0.3, 0.4) is 0 Å². The van der Waals surface area contributed by atoms with Crippen LogP contribution in [0.25, 0.3) is 22.8 Å². The second-order valence-electron chi connectivity index (χ2n) is 9.19. The van der Waals surface area contributed by atoms with Crippen LogP contribution < -0.4 is 5.32 Å². The fourth-order valence-electron chi connectivity index (χ4n) is 4.85. The minimum atomic E-state index is -0.340. The second-order valence-corrected chi connectivity index (χ2v) is 9.19. The molecule has 2 aliphatic heterocycles. The molecule has 1 fully saturated rings. The Labute approximate surface area is 198 Å². The van der Waals surface area contributed by atoms with Gasteiger partial charge >= 0.3 is 0 Å². The van der Waals surface area contributed by atoms with Crippen molar-refractivity contribution in [3.8, 4) is 11.1 Å². The number of nitrogens with one attached hydrogen (secondary N) is 2. The molecule has 0 saturated carbocycles. The molecule has 5 rings (SSSR count). The van der Waals surface area contributed by atoms with Gasteiger partial charge in [-0.3, -0.25) is 9.59 Å². The fraction of sp³-hybridized carbons (Fsp3) is 0.259. The minimum absolute atomic E-state index is 0.0439. The van der Waals surface area contributed by atoms with Crippen LogP contribution >= 0.6 is 0 Å². The summed E-state index contributed by atoms with van der Waals surface area (Å²) >= 11 is 0. The number of aryl methyl sites for hydroxylation is 1. The first-order chi connectivity index (χ1) is 16.3. The molecule has 1 atom stereocenters. The number of carbonyl (C=O) groups is 2. The number of rotatable bonds is 4. The molecule has 6 nitrogen and oxygen atoms in total. The number of benzene rings is 2. The van der Waals surface area contributed by atoms with Gasteiger partial charge in [0, 0.05) is 36.1 Å². The highest BCUT2D eigenvalue weighted by Gasteiger charge is 2.31. The van der Waals surface area contributed by atoms with Crippen LogP contribution in [0.5, 0.6) is 0 Å². The van der Waals surface area contributed by atoms with Crippen LogP contribution in [0.4, 0.5) is 10.1 Å². The van der Waals surface area contributed by atoms with Gasteiger partial charge in [0.1, 0.15) is 5.82 Å². The largest absolute Gasteiger partial charge is 0.358 e. The SMILES string of the molecule is Cc1cc(C(=O)N2CCC(N(C)C)C2)c(C=C2C(=O)Nc3cccc(-c4cccc(F)c4)c32)[nH]1. The third kappa shape index (κ3) is 3.92. The summed E-state index contributed by atoms with van der Waals surface area (Å²) in [6, 6.07) is 14.0. The molecule has 2 N–H and O–H groups in total. The van der Waals surface area contributed by atoms with Gasteiger partial charge in [-0.1, -0.05) is 24.3 Å². The zero-order valence-corrected chi connectivity index (χ0v) is 19.5. The van der Waals surface area contributed by atoms with Crippen molar-refractivity contribution < 1.29 is 14.0 Å². The number of halogens is 1. The number of likely N-dealkylation sites (N-methyl/N-ethyl adjacent to an activating group) is 1. The van der Waals surface area contributed by atoms with E-state index in [1.165, 1.54) is 12.1 Å². The van der Waals surface area contributed by atoms with Crippen molar-refractivity contribution >= 4 is 29.2 Å². The first-order valence-corrected chi connectivity index (χ1v) is 11.4. The lowest BCUT2D eigenvalue weighted by Gasteiger charge is -2.20. The molecule has 2 aromatic carbocycles. The molecule has 1 saturated heterocycles. The Bertz CT molecular complexity index is 1320. The molecule has 0 bridgehead atoms. The smallest absolute Gasteiger partial charge is 0.256 e. The predicted octanol–water partition coefficient (Wildman–Crippen LogP) is 4.40. The van der Waals surface area contributed by atoms with E-state index in [1.807, 2.05) is 56.3 Å². The molecule has 1 unspecified atom stereocenters. The summed E-state index contributed by atoms with van der Waals surface area (Å²) in [6.07, 6.45) is 2.68. The van der Waals surface area contributed by atoms with E-state index in [0.29, 0.717) is 52.8 Å². The molecule has 1 aromatic heterocycles. The van der Waals surface area contributed by atoms with Crippen molar-refractivity contribution in [3.63, 3.8) is 0 Å². The Kier molecular flexibility index (Phi) is 5.57. The number of likely N-dealkylation sites (tertiary alicyclic amines) is 1. The molecular formula is C27H27FN4O2. The van der Waals surface area contributed by atoms with Gasteiger partial charge in [-0.25, -0.2) is 4.39 Å². The van der Waals surface area contributed by atoms with E-state index in [-0.39, 0.29) is 17.6 Å². The number of aromatic amines is 1. The van der Waals surface area contributed by atoms with E-state index >= 15 is 0 Å². The molecule has 174 valence electrons. The number of hydrogen-bond acceptors (Lipinski definition) is 3. The second kappa shape index (κ2) is 8.57. The van der Waals surface area contributed by atoms with Gasteiger partial charge in [0.2, 0.25) is 0 Å². The van der Waals surface area contributed by atoms with Crippen molar-refractivity contribution in [2.24, 2.45) is 0 Å². The molecule has 0 radical (unpaired) electrons. The van der Waals surface area contributed by atoms with Crippen molar-refractivity contribution in [2.75, 3.05) is 32.5 Å². The quantitative estimate of drug-likeness (QED) is 0.570. The fourth-order valence-corrected chi connectivity index (χ4v) is 4.85. The normalized spacial score (nSPS) is 18.6. The van der Waals surface area contributed by atoms with E-state index in [0.717, 1.165) is 17.7 Å². The molecular weight excluding hydrogens is 431 g/mol. The number of carbonyl (C=O) groups excluding carboxylic acids is 2. The first kappa shape index (κ1) is 22.1. The van der Waals surface area contributed by atoms with E-state index in [9.17, 15) is 14.0 Å². The highest BCUT2D eigenvalue weighted by atomic mass is 19.1. The van der Waals surface area contributed by atoms with Crippen molar-refractivity contribution in [2.45, 2.75) is 19.4 Å². The Balaban J connectivity index is 1.56. The Morgan fingerprint density at radius 3 is 2.71 bits per heavy atom. The maximum absolute atomic E-state index is 13.9.